The molecule has 0 atom stereocenters. The smallest absolute Gasteiger partial charge is 0.253 e. The maximum atomic E-state index is 12.9. The minimum absolute atomic E-state index is 0.00486. The van der Waals surface area contributed by atoms with Crippen LogP contribution in [0.2, 0.25) is 0 Å². The van der Waals surface area contributed by atoms with Gasteiger partial charge in [-0.05, 0) is 54.3 Å². The zero-order chi connectivity index (χ0) is 26.5. The topological polar surface area (TPSA) is 65.1 Å². The van der Waals surface area contributed by atoms with E-state index in [1.54, 1.807) is 19.0 Å². The predicted octanol–water partition coefficient (Wildman–Crippen LogP) is 3.79. The van der Waals surface area contributed by atoms with Crippen molar-refractivity contribution in [2.75, 3.05) is 51.9 Å². The van der Waals surface area contributed by atoms with Crippen molar-refractivity contribution in [3.8, 4) is 5.75 Å². The summed E-state index contributed by atoms with van der Waals surface area (Å²) < 4.78 is 6.24. The van der Waals surface area contributed by atoms with Crippen LogP contribution in [0.1, 0.15) is 34.3 Å². The lowest BCUT2D eigenvalue weighted by Gasteiger charge is -2.43. The van der Waals surface area contributed by atoms with Gasteiger partial charge in [0.2, 0.25) is 5.91 Å². The van der Waals surface area contributed by atoms with Crippen molar-refractivity contribution in [2.45, 2.75) is 24.8 Å². The molecular weight excluding hydrogens is 476 g/mol. The molecule has 2 heterocycles. The number of nitrogens with zero attached hydrogens (tertiary/aromatic N) is 3. The largest absolute Gasteiger partial charge is 0.492 e. The van der Waals surface area contributed by atoms with Crippen LogP contribution in [0.5, 0.6) is 5.75 Å². The second kappa shape index (κ2) is 11.3. The van der Waals surface area contributed by atoms with Crippen LogP contribution in [0.25, 0.3) is 0 Å². The Morgan fingerprint density at radius 3 is 2.34 bits per heavy atom. The van der Waals surface area contributed by atoms with Gasteiger partial charge < -0.3 is 19.9 Å². The molecule has 3 aromatic rings. The van der Waals surface area contributed by atoms with E-state index in [0.29, 0.717) is 18.8 Å². The summed E-state index contributed by atoms with van der Waals surface area (Å²) in [6.07, 6.45) is 2.34. The fraction of sp³-hybridized carbons (Fsp3) is 0.355. The molecule has 2 saturated heterocycles. The zero-order valence-electron chi connectivity index (χ0n) is 22.2. The molecule has 1 N–H and O–H groups in total. The van der Waals surface area contributed by atoms with Crippen LogP contribution in [-0.4, -0.2) is 74.2 Å². The molecule has 198 valence electrons. The molecule has 0 saturated carbocycles. The highest BCUT2D eigenvalue weighted by atomic mass is 16.5. The number of hydrogen-bond acceptors (Lipinski definition) is 5. The van der Waals surface area contributed by atoms with Crippen molar-refractivity contribution in [3.05, 3.63) is 95.6 Å². The van der Waals surface area contributed by atoms with E-state index in [9.17, 15) is 9.59 Å². The highest BCUT2D eigenvalue weighted by Gasteiger charge is 2.50. The molecule has 38 heavy (non-hydrogen) atoms. The Balaban J connectivity index is 1.15. The summed E-state index contributed by atoms with van der Waals surface area (Å²) in [6, 6.07) is 26.1. The molecule has 0 bridgehead atoms. The summed E-state index contributed by atoms with van der Waals surface area (Å²) >= 11 is 0. The van der Waals surface area contributed by atoms with E-state index >= 15 is 0 Å². The molecule has 0 aromatic heterocycles. The van der Waals surface area contributed by atoms with E-state index in [2.05, 4.69) is 33.3 Å². The number of amides is 2. The summed E-state index contributed by atoms with van der Waals surface area (Å²) in [6.45, 7) is 3.70. The second-order valence-corrected chi connectivity index (χ2v) is 10.3. The number of piperidine rings is 1. The fourth-order valence-electron chi connectivity index (χ4n) is 5.50. The summed E-state index contributed by atoms with van der Waals surface area (Å²) in [5.41, 5.74) is 3.58. The van der Waals surface area contributed by atoms with Crippen molar-refractivity contribution in [1.29, 1.82) is 0 Å². The van der Waals surface area contributed by atoms with Gasteiger partial charge in [-0.25, -0.2) is 0 Å². The third-order valence-corrected chi connectivity index (χ3v) is 7.73. The van der Waals surface area contributed by atoms with Crippen molar-refractivity contribution < 1.29 is 14.3 Å². The third-order valence-electron chi connectivity index (χ3n) is 7.73. The van der Waals surface area contributed by atoms with Crippen LogP contribution >= 0.6 is 0 Å². The standard InChI is InChI=1S/C31H36N4O3/c1-33(2)29(36)25-14-12-24(13-15-25)22-26-8-6-7-11-28(26)38-21-20-34-18-16-31(17-19-34)30(37)32-23-35(31)27-9-4-3-5-10-27/h3-15H,16-23H2,1-2H3,(H,32,37). The van der Waals surface area contributed by atoms with Gasteiger partial charge in [0.1, 0.15) is 17.9 Å². The van der Waals surface area contributed by atoms with Gasteiger partial charge in [0.25, 0.3) is 5.91 Å². The summed E-state index contributed by atoms with van der Waals surface area (Å²) in [4.78, 5) is 31.3. The number of carbonyl (C=O) groups excluding carboxylic acids is 2. The predicted molar refractivity (Wildman–Crippen MR) is 150 cm³/mol. The van der Waals surface area contributed by atoms with Crippen molar-refractivity contribution in [2.24, 2.45) is 0 Å². The first-order valence-corrected chi connectivity index (χ1v) is 13.3. The van der Waals surface area contributed by atoms with Gasteiger partial charge in [-0.3, -0.25) is 14.5 Å². The molecule has 1 spiro atoms. The molecule has 7 nitrogen and oxygen atoms in total. The molecule has 2 fully saturated rings. The number of ether oxygens (including phenoxy) is 1. The van der Waals surface area contributed by atoms with E-state index < -0.39 is 5.54 Å². The quantitative estimate of drug-likeness (QED) is 0.498. The Kier molecular flexibility index (Phi) is 7.65. The number of carbonyl (C=O) groups is 2. The molecule has 0 aliphatic carbocycles. The first kappa shape index (κ1) is 25.8. The zero-order valence-corrected chi connectivity index (χ0v) is 22.2. The molecule has 0 radical (unpaired) electrons. The van der Waals surface area contributed by atoms with Crippen LogP contribution in [-0.2, 0) is 11.2 Å². The second-order valence-electron chi connectivity index (χ2n) is 10.3. The minimum Gasteiger partial charge on any atom is -0.492 e. The molecular formula is C31H36N4O3. The van der Waals surface area contributed by atoms with Crippen molar-refractivity contribution >= 4 is 17.5 Å². The lowest BCUT2D eigenvalue weighted by Crippen LogP contribution is -2.56. The van der Waals surface area contributed by atoms with E-state index in [-0.39, 0.29) is 11.8 Å². The monoisotopic (exact) mass is 512 g/mol. The Labute approximate surface area is 225 Å². The average molecular weight is 513 g/mol. The van der Waals surface area contributed by atoms with Crippen molar-refractivity contribution in [3.63, 3.8) is 0 Å². The lowest BCUT2D eigenvalue weighted by molar-refractivity contribution is -0.125. The molecule has 7 heteroatoms. The molecule has 2 aliphatic rings. The van der Waals surface area contributed by atoms with Crippen LogP contribution in [0.15, 0.2) is 78.9 Å². The van der Waals surface area contributed by atoms with Crippen LogP contribution in [0, 0.1) is 0 Å². The highest BCUT2D eigenvalue weighted by molar-refractivity contribution is 5.94. The first-order valence-electron chi connectivity index (χ1n) is 13.3. The van der Waals surface area contributed by atoms with Gasteiger partial charge in [0.05, 0.1) is 6.67 Å². The summed E-state index contributed by atoms with van der Waals surface area (Å²) in [5, 5.41) is 3.07. The fourth-order valence-corrected chi connectivity index (χ4v) is 5.50. The number of benzene rings is 3. The Bertz CT molecular complexity index is 1250. The third kappa shape index (κ3) is 5.38. The average Bonchev–Trinajstić information content (AvgIpc) is 3.26. The maximum Gasteiger partial charge on any atom is 0.253 e. The summed E-state index contributed by atoms with van der Waals surface area (Å²) in [5.74, 6) is 1.04. The normalized spacial score (nSPS) is 16.9. The van der Waals surface area contributed by atoms with E-state index in [1.807, 2.05) is 60.7 Å². The first-order chi connectivity index (χ1) is 18.5. The van der Waals surface area contributed by atoms with Gasteiger partial charge >= 0.3 is 0 Å². The molecule has 0 unspecified atom stereocenters. The number of rotatable bonds is 8. The highest BCUT2D eigenvalue weighted by Crippen LogP contribution is 2.36. The lowest BCUT2D eigenvalue weighted by atomic mass is 9.85. The summed E-state index contributed by atoms with van der Waals surface area (Å²) in [7, 11) is 3.52. The SMILES string of the molecule is CN(C)C(=O)c1ccc(Cc2ccccc2OCCN2CCC3(CC2)C(=O)NCN3c2ccccc2)cc1. The van der Waals surface area contributed by atoms with Crippen LogP contribution in [0.3, 0.4) is 0 Å². The number of para-hydroxylation sites is 2. The molecule has 2 aliphatic heterocycles. The van der Waals surface area contributed by atoms with Gasteiger partial charge in [-0.2, -0.15) is 0 Å². The van der Waals surface area contributed by atoms with E-state index in [0.717, 1.165) is 61.5 Å². The maximum absolute atomic E-state index is 12.9. The van der Waals surface area contributed by atoms with Crippen molar-refractivity contribution in [1.82, 2.24) is 15.1 Å². The van der Waals surface area contributed by atoms with Gasteiger partial charge in [-0.1, -0.05) is 48.5 Å². The molecule has 3 aromatic carbocycles. The number of hydrogen-bond donors (Lipinski definition) is 1. The van der Waals surface area contributed by atoms with Gasteiger partial charge in [0.15, 0.2) is 0 Å². The van der Waals surface area contributed by atoms with Gasteiger partial charge in [0, 0.05) is 51.4 Å². The number of anilines is 1. The molecule has 2 amide bonds. The Morgan fingerprint density at radius 2 is 1.63 bits per heavy atom. The minimum atomic E-state index is -0.460. The number of nitrogens with one attached hydrogen (secondary N) is 1. The van der Waals surface area contributed by atoms with E-state index in [1.165, 1.54) is 0 Å². The molecule has 5 rings (SSSR count). The number of likely N-dealkylation sites (tertiary alicyclic amines) is 1. The van der Waals surface area contributed by atoms with Gasteiger partial charge in [-0.15, -0.1) is 0 Å². The van der Waals surface area contributed by atoms with Crippen LogP contribution in [0.4, 0.5) is 5.69 Å². The van der Waals surface area contributed by atoms with Crippen LogP contribution < -0.4 is 15.0 Å². The van der Waals surface area contributed by atoms with E-state index in [4.69, 9.17) is 4.74 Å². The Morgan fingerprint density at radius 1 is 0.947 bits per heavy atom. The Hall–Kier alpha value is -3.84.